The van der Waals surface area contributed by atoms with Gasteiger partial charge in [0.1, 0.15) is 11.5 Å². The number of hydrogen-bond donors (Lipinski definition) is 2. The van der Waals surface area contributed by atoms with E-state index in [9.17, 15) is 9.90 Å². The predicted molar refractivity (Wildman–Crippen MR) is 74.5 cm³/mol. The lowest BCUT2D eigenvalue weighted by Gasteiger charge is -2.24. The molecule has 19 heavy (non-hydrogen) atoms. The van der Waals surface area contributed by atoms with Crippen molar-refractivity contribution >= 4 is 5.91 Å². The van der Waals surface area contributed by atoms with Crippen LogP contribution < -0.4 is 10.5 Å². The Labute approximate surface area is 114 Å². The first kappa shape index (κ1) is 15.3. The fourth-order valence-corrected chi connectivity index (χ4v) is 1.80. The monoisotopic (exact) mass is 266 g/mol. The SMILES string of the molecule is CCN(CC(C)CN)C(=O)c1ccc(OC)cc1O. The Kier molecular flexibility index (Phi) is 5.63. The highest BCUT2D eigenvalue weighted by Gasteiger charge is 2.19. The molecule has 0 saturated heterocycles. The average Bonchev–Trinajstić information content (AvgIpc) is 2.43. The Morgan fingerprint density at radius 1 is 1.53 bits per heavy atom. The van der Waals surface area contributed by atoms with Crippen molar-refractivity contribution in [3.8, 4) is 11.5 Å². The molecule has 0 saturated carbocycles. The van der Waals surface area contributed by atoms with Crippen molar-refractivity contribution in [3.05, 3.63) is 23.8 Å². The van der Waals surface area contributed by atoms with Gasteiger partial charge in [0.05, 0.1) is 12.7 Å². The van der Waals surface area contributed by atoms with Crippen molar-refractivity contribution in [1.29, 1.82) is 0 Å². The van der Waals surface area contributed by atoms with Gasteiger partial charge in [0.15, 0.2) is 0 Å². The topological polar surface area (TPSA) is 75.8 Å². The van der Waals surface area contributed by atoms with E-state index >= 15 is 0 Å². The molecule has 1 unspecified atom stereocenters. The van der Waals surface area contributed by atoms with Crippen LogP contribution in [0.1, 0.15) is 24.2 Å². The van der Waals surface area contributed by atoms with Gasteiger partial charge in [-0.1, -0.05) is 6.92 Å². The van der Waals surface area contributed by atoms with Crippen molar-refractivity contribution in [1.82, 2.24) is 4.90 Å². The number of benzene rings is 1. The zero-order valence-electron chi connectivity index (χ0n) is 11.7. The molecule has 5 nitrogen and oxygen atoms in total. The van der Waals surface area contributed by atoms with Crippen LogP contribution in [-0.4, -0.2) is 42.7 Å². The molecule has 0 aliphatic heterocycles. The fraction of sp³-hybridized carbons (Fsp3) is 0.500. The zero-order chi connectivity index (χ0) is 14.4. The first-order valence-electron chi connectivity index (χ1n) is 6.39. The van der Waals surface area contributed by atoms with Crippen LogP contribution in [0.4, 0.5) is 0 Å². The summed E-state index contributed by atoms with van der Waals surface area (Å²) in [5.74, 6) is 0.489. The van der Waals surface area contributed by atoms with E-state index in [0.717, 1.165) is 0 Å². The number of rotatable bonds is 6. The minimum absolute atomic E-state index is 0.0665. The minimum atomic E-state index is -0.192. The molecule has 0 radical (unpaired) electrons. The second-order valence-corrected chi connectivity index (χ2v) is 4.57. The number of phenols is 1. The van der Waals surface area contributed by atoms with Gasteiger partial charge in [-0.05, 0) is 31.5 Å². The Morgan fingerprint density at radius 2 is 2.21 bits per heavy atom. The molecule has 1 aromatic carbocycles. The first-order valence-corrected chi connectivity index (χ1v) is 6.39. The summed E-state index contributed by atoms with van der Waals surface area (Å²) in [4.78, 5) is 14.0. The summed E-state index contributed by atoms with van der Waals surface area (Å²) < 4.78 is 5.00. The van der Waals surface area contributed by atoms with E-state index in [-0.39, 0.29) is 23.1 Å². The lowest BCUT2D eigenvalue weighted by Crippen LogP contribution is -2.36. The maximum atomic E-state index is 12.3. The molecule has 0 fully saturated rings. The minimum Gasteiger partial charge on any atom is -0.507 e. The molecule has 3 N–H and O–H groups in total. The fourth-order valence-electron chi connectivity index (χ4n) is 1.80. The number of nitrogens with zero attached hydrogens (tertiary/aromatic N) is 1. The number of methoxy groups -OCH3 is 1. The van der Waals surface area contributed by atoms with E-state index in [1.807, 2.05) is 13.8 Å². The van der Waals surface area contributed by atoms with Crippen LogP contribution >= 0.6 is 0 Å². The van der Waals surface area contributed by atoms with Crippen molar-refractivity contribution in [2.45, 2.75) is 13.8 Å². The van der Waals surface area contributed by atoms with Gasteiger partial charge in [-0.3, -0.25) is 4.79 Å². The summed E-state index contributed by atoms with van der Waals surface area (Å²) in [5.41, 5.74) is 5.86. The molecule has 1 rings (SSSR count). The van der Waals surface area contributed by atoms with Crippen molar-refractivity contribution in [2.75, 3.05) is 26.7 Å². The highest BCUT2D eigenvalue weighted by Crippen LogP contribution is 2.24. The summed E-state index contributed by atoms with van der Waals surface area (Å²) in [6.07, 6.45) is 0. The molecule has 5 heteroatoms. The molecule has 0 bridgehead atoms. The van der Waals surface area contributed by atoms with Gasteiger partial charge in [0.2, 0.25) is 0 Å². The normalized spacial score (nSPS) is 12.0. The van der Waals surface area contributed by atoms with Crippen LogP contribution in [0.25, 0.3) is 0 Å². The summed E-state index contributed by atoms with van der Waals surface area (Å²) in [6.45, 7) is 5.58. The van der Waals surface area contributed by atoms with Crippen LogP contribution in [-0.2, 0) is 0 Å². The van der Waals surface area contributed by atoms with Gasteiger partial charge in [0.25, 0.3) is 5.91 Å². The summed E-state index contributed by atoms with van der Waals surface area (Å²) in [6, 6.07) is 4.67. The van der Waals surface area contributed by atoms with E-state index in [0.29, 0.717) is 25.4 Å². The Hall–Kier alpha value is -1.75. The van der Waals surface area contributed by atoms with Gasteiger partial charge in [0, 0.05) is 19.2 Å². The maximum Gasteiger partial charge on any atom is 0.257 e. The molecule has 106 valence electrons. The Bertz CT molecular complexity index is 435. The molecule has 0 heterocycles. The summed E-state index contributed by atoms with van der Waals surface area (Å²) in [7, 11) is 1.51. The first-order chi connectivity index (χ1) is 9.03. The quantitative estimate of drug-likeness (QED) is 0.817. The molecule has 0 spiro atoms. The van der Waals surface area contributed by atoms with E-state index in [2.05, 4.69) is 0 Å². The number of amides is 1. The molecular weight excluding hydrogens is 244 g/mol. The Morgan fingerprint density at radius 3 is 2.68 bits per heavy atom. The number of aromatic hydroxyl groups is 1. The largest absolute Gasteiger partial charge is 0.507 e. The van der Waals surface area contributed by atoms with Crippen molar-refractivity contribution in [2.24, 2.45) is 11.7 Å². The molecule has 1 amide bonds. The molecule has 0 aromatic heterocycles. The molecule has 1 aromatic rings. The number of nitrogens with two attached hydrogens (primary N) is 1. The molecule has 1 atom stereocenters. The molecule has 0 aliphatic carbocycles. The van der Waals surface area contributed by atoms with Crippen LogP contribution in [0, 0.1) is 5.92 Å². The van der Waals surface area contributed by atoms with Crippen molar-refractivity contribution < 1.29 is 14.6 Å². The van der Waals surface area contributed by atoms with Crippen LogP contribution in [0.3, 0.4) is 0 Å². The average molecular weight is 266 g/mol. The number of hydrogen-bond acceptors (Lipinski definition) is 4. The third kappa shape index (κ3) is 3.86. The van der Waals surface area contributed by atoms with Crippen molar-refractivity contribution in [3.63, 3.8) is 0 Å². The smallest absolute Gasteiger partial charge is 0.257 e. The van der Waals surface area contributed by atoms with Crippen LogP contribution in [0.2, 0.25) is 0 Å². The lowest BCUT2D eigenvalue weighted by atomic mass is 10.1. The van der Waals surface area contributed by atoms with Crippen LogP contribution in [0.15, 0.2) is 18.2 Å². The zero-order valence-corrected chi connectivity index (χ0v) is 11.7. The summed E-state index contributed by atoms with van der Waals surface area (Å²) in [5, 5.41) is 9.88. The van der Waals surface area contributed by atoms with Gasteiger partial charge >= 0.3 is 0 Å². The standard InChI is InChI=1S/C14H22N2O3/c1-4-16(9-10(2)8-15)14(18)12-6-5-11(19-3)7-13(12)17/h5-7,10,17H,4,8-9,15H2,1-3H3. The third-order valence-electron chi connectivity index (χ3n) is 3.04. The highest BCUT2D eigenvalue weighted by atomic mass is 16.5. The molecular formula is C14H22N2O3. The lowest BCUT2D eigenvalue weighted by molar-refractivity contribution is 0.0740. The highest BCUT2D eigenvalue weighted by molar-refractivity contribution is 5.97. The second-order valence-electron chi connectivity index (χ2n) is 4.57. The third-order valence-corrected chi connectivity index (χ3v) is 3.04. The summed E-state index contributed by atoms with van der Waals surface area (Å²) >= 11 is 0. The number of carbonyl (C=O) groups is 1. The van der Waals surface area contributed by atoms with E-state index < -0.39 is 0 Å². The number of carbonyl (C=O) groups excluding carboxylic acids is 1. The van der Waals surface area contributed by atoms with Gasteiger partial charge < -0.3 is 20.5 Å². The molecule has 0 aliphatic rings. The number of phenolic OH excluding ortho intramolecular Hbond substituents is 1. The number of ether oxygens (including phenoxy) is 1. The Balaban J connectivity index is 2.91. The van der Waals surface area contributed by atoms with Gasteiger partial charge in [-0.15, -0.1) is 0 Å². The second kappa shape index (κ2) is 6.99. The van der Waals surface area contributed by atoms with E-state index in [1.165, 1.54) is 13.2 Å². The maximum absolute atomic E-state index is 12.3. The van der Waals surface area contributed by atoms with E-state index in [4.69, 9.17) is 10.5 Å². The predicted octanol–water partition coefficient (Wildman–Crippen LogP) is 1.46. The van der Waals surface area contributed by atoms with Gasteiger partial charge in [-0.2, -0.15) is 0 Å². The van der Waals surface area contributed by atoms with E-state index in [1.54, 1.807) is 17.0 Å². The van der Waals surface area contributed by atoms with Crippen LogP contribution in [0.5, 0.6) is 11.5 Å². The van der Waals surface area contributed by atoms with Gasteiger partial charge in [-0.25, -0.2) is 0 Å².